The number of halogens is 1. The molecule has 98 valence electrons. The summed E-state index contributed by atoms with van der Waals surface area (Å²) in [6.45, 7) is 2.03. The minimum Gasteiger partial charge on any atom is -0.326 e. The topological polar surface area (TPSA) is 29.1 Å². The van der Waals surface area contributed by atoms with Crippen LogP contribution in [0, 0.1) is 12.8 Å². The number of carbonyl (C=O) groups is 1. The molecule has 0 saturated heterocycles. The first-order valence-corrected chi connectivity index (χ1v) is 7.50. The van der Waals surface area contributed by atoms with E-state index in [1.54, 1.807) is 0 Å². The van der Waals surface area contributed by atoms with Gasteiger partial charge in [-0.25, -0.2) is 0 Å². The quantitative estimate of drug-likeness (QED) is 0.860. The van der Waals surface area contributed by atoms with Crippen molar-refractivity contribution in [1.29, 1.82) is 0 Å². The van der Waals surface area contributed by atoms with Gasteiger partial charge in [-0.15, -0.1) is 0 Å². The molecule has 1 aromatic carbocycles. The van der Waals surface area contributed by atoms with Crippen LogP contribution < -0.4 is 5.32 Å². The Kier molecular flexibility index (Phi) is 4.81. The van der Waals surface area contributed by atoms with Crippen LogP contribution in [-0.2, 0) is 4.79 Å². The number of aryl methyl sites for hydroxylation is 1. The number of nitrogens with one attached hydrogen (secondary N) is 1. The molecule has 0 radical (unpaired) electrons. The zero-order valence-electron chi connectivity index (χ0n) is 10.8. The fourth-order valence-electron chi connectivity index (χ4n) is 2.58. The number of hydrogen-bond acceptors (Lipinski definition) is 1. The number of amides is 1. The minimum atomic E-state index is 0.142. The van der Waals surface area contributed by atoms with Gasteiger partial charge in [-0.2, -0.15) is 0 Å². The highest BCUT2D eigenvalue weighted by molar-refractivity contribution is 9.10. The van der Waals surface area contributed by atoms with Gasteiger partial charge in [0.25, 0.3) is 0 Å². The molecule has 2 rings (SSSR count). The summed E-state index contributed by atoms with van der Waals surface area (Å²) >= 11 is 3.46. The summed E-state index contributed by atoms with van der Waals surface area (Å²) in [4.78, 5) is 11.8. The number of hydrogen-bond donors (Lipinski definition) is 1. The van der Waals surface area contributed by atoms with Crippen molar-refractivity contribution in [1.82, 2.24) is 0 Å². The summed E-state index contributed by atoms with van der Waals surface area (Å²) in [7, 11) is 0. The van der Waals surface area contributed by atoms with Crippen LogP contribution in [0.4, 0.5) is 5.69 Å². The van der Waals surface area contributed by atoms with Crippen molar-refractivity contribution in [2.75, 3.05) is 5.32 Å². The Morgan fingerprint density at radius 2 is 2.11 bits per heavy atom. The molecule has 1 fully saturated rings. The summed E-state index contributed by atoms with van der Waals surface area (Å²) < 4.78 is 1.08. The van der Waals surface area contributed by atoms with Gasteiger partial charge in [0.15, 0.2) is 0 Å². The van der Waals surface area contributed by atoms with Gasteiger partial charge in [-0.1, -0.05) is 41.6 Å². The maximum atomic E-state index is 11.8. The SMILES string of the molecule is Cc1cc(NC(=O)CCC2CCCC2)ccc1Br. The maximum absolute atomic E-state index is 11.8. The first kappa shape index (κ1) is 13.6. The molecular weight excluding hydrogens is 290 g/mol. The third-order valence-electron chi connectivity index (χ3n) is 3.70. The summed E-state index contributed by atoms with van der Waals surface area (Å²) in [5.74, 6) is 0.922. The predicted octanol–water partition coefficient (Wildman–Crippen LogP) is 4.67. The Balaban J connectivity index is 1.80. The Labute approximate surface area is 117 Å². The van der Waals surface area contributed by atoms with Crippen molar-refractivity contribution in [3.05, 3.63) is 28.2 Å². The molecule has 0 heterocycles. The van der Waals surface area contributed by atoms with E-state index >= 15 is 0 Å². The molecule has 0 spiro atoms. The highest BCUT2D eigenvalue weighted by Crippen LogP contribution is 2.28. The van der Waals surface area contributed by atoms with Crippen LogP contribution in [0.5, 0.6) is 0 Å². The van der Waals surface area contributed by atoms with E-state index in [2.05, 4.69) is 21.2 Å². The monoisotopic (exact) mass is 309 g/mol. The zero-order chi connectivity index (χ0) is 13.0. The Bertz CT molecular complexity index is 425. The summed E-state index contributed by atoms with van der Waals surface area (Å²) in [6.07, 6.45) is 7.01. The predicted molar refractivity (Wildman–Crippen MR) is 78.7 cm³/mol. The second-order valence-corrected chi connectivity index (χ2v) is 6.06. The molecule has 1 amide bonds. The lowest BCUT2D eigenvalue weighted by Gasteiger charge is -2.10. The van der Waals surface area contributed by atoms with E-state index in [1.807, 2.05) is 25.1 Å². The molecule has 0 bridgehead atoms. The number of anilines is 1. The van der Waals surface area contributed by atoms with Crippen molar-refractivity contribution < 1.29 is 4.79 Å². The van der Waals surface area contributed by atoms with Gasteiger partial charge in [-0.3, -0.25) is 4.79 Å². The first-order chi connectivity index (χ1) is 8.65. The molecule has 1 aliphatic carbocycles. The second-order valence-electron chi connectivity index (χ2n) is 5.20. The lowest BCUT2D eigenvalue weighted by molar-refractivity contribution is -0.116. The number of benzene rings is 1. The fraction of sp³-hybridized carbons (Fsp3) is 0.533. The van der Waals surface area contributed by atoms with Crippen molar-refractivity contribution in [3.8, 4) is 0 Å². The van der Waals surface area contributed by atoms with Crippen molar-refractivity contribution >= 4 is 27.5 Å². The van der Waals surface area contributed by atoms with E-state index < -0.39 is 0 Å². The smallest absolute Gasteiger partial charge is 0.224 e. The van der Waals surface area contributed by atoms with E-state index in [1.165, 1.54) is 25.7 Å². The zero-order valence-corrected chi connectivity index (χ0v) is 12.4. The van der Waals surface area contributed by atoms with E-state index in [0.29, 0.717) is 6.42 Å². The van der Waals surface area contributed by atoms with Crippen LogP contribution >= 0.6 is 15.9 Å². The van der Waals surface area contributed by atoms with Crippen LogP contribution in [0.3, 0.4) is 0 Å². The third-order valence-corrected chi connectivity index (χ3v) is 4.59. The van der Waals surface area contributed by atoms with Gasteiger partial charge in [0, 0.05) is 16.6 Å². The molecule has 1 aromatic rings. The second kappa shape index (κ2) is 6.37. The van der Waals surface area contributed by atoms with E-state index in [9.17, 15) is 4.79 Å². The highest BCUT2D eigenvalue weighted by Gasteiger charge is 2.16. The van der Waals surface area contributed by atoms with Gasteiger partial charge in [0.1, 0.15) is 0 Å². The molecule has 1 saturated carbocycles. The van der Waals surface area contributed by atoms with Gasteiger partial charge >= 0.3 is 0 Å². The highest BCUT2D eigenvalue weighted by atomic mass is 79.9. The molecule has 1 N–H and O–H groups in total. The van der Waals surface area contributed by atoms with E-state index in [-0.39, 0.29) is 5.91 Å². The van der Waals surface area contributed by atoms with Crippen molar-refractivity contribution in [2.45, 2.75) is 45.4 Å². The van der Waals surface area contributed by atoms with Crippen LogP contribution in [0.1, 0.15) is 44.1 Å². The maximum Gasteiger partial charge on any atom is 0.224 e. The lowest BCUT2D eigenvalue weighted by atomic mass is 10.0. The first-order valence-electron chi connectivity index (χ1n) is 6.71. The normalized spacial score (nSPS) is 15.9. The number of carbonyl (C=O) groups excluding carboxylic acids is 1. The van der Waals surface area contributed by atoms with Crippen LogP contribution in [-0.4, -0.2) is 5.91 Å². The molecule has 0 unspecified atom stereocenters. The third kappa shape index (κ3) is 3.84. The van der Waals surface area contributed by atoms with Crippen LogP contribution in [0.15, 0.2) is 22.7 Å². The molecule has 0 aromatic heterocycles. The molecular formula is C15H20BrNO. The van der Waals surface area contributed by atoms with Crippen molar-refractivity contribution in [2.24, 2.45) is 5.92 Å². The van der Waals surface area contributed by atoms with Gasteiger partial charge in [0.05, 0.1) is 0 Å². The van der Waals surface area contributed by atoms with Crippen molar-refractivity contribution in [3.63, 3.8) is 0 Å². The molecule has 3 heteroatoms. The molecule has 0 aliphatic heterocycles. The molecule has 1 aliphatic rings. The van der Waals surface area contributed by atoms with Crippen LogP contribution in [0.2, 0.25) is 0 Å². The van der Waals surface area contributed by atoms with Gasteiger partial charge in [-0.05, 0) is 43.0 Å². The summed E-state index contributed by atoms with van der Waals surface area (Å²) in [6, 6.07) is 5.91. The summed E-state index contributed by atoms with van der Waals surface area (Å²) in [5, 5.41) is 2.97. The van der Waals surface area contributed by atoms with E-state index in [0.717, 1.165) is 28.1 Å². The average Bonchev–Trinajstić information content (AvgIpc) is 2.84. The van der Waals surface area contributed by atoms with E-state index in [4.69, 9.17) is 0 Å². The van der Waals surface area contributed by atoms with Crippen LogP contribution in [0.25, 0.3) is 0 Å². The average molecular weight is 310 g/mol. The molecule has 2 nitrogen and oxygen atoms in total. The fourth-order valence-corrected chi connectivity index (χ4v) is 2.83. The largest absolute Gasteiger partial charge is 0.326 e. The molecule has 18 heavy (non-hydrogen) atoms. The summed E-state index contributed by atoms with van der Waals surface area (Å²) in [5.41, 5.74) is 2.04. The minimum absolute atomic E-state index is 0.142. The Hall–Kier alpha value is -0.830. The number of rotatable bonds is 4. The van der Waals surface area contributed by atoms with Gasteiger partial charge in [0.2, 0.25) is 5.91 Å². The lowest BCUT2D eigenvalue weighted by Crippen LogP contribution is -2.12. The molecule has 0 atom stereocenters. The Morgan fingerprint density at radius 3 is 2.78 bits per heavy atom. The van der Waals surface area contributed by atoms with Gasteiger partial charge < -0.3 is 5.32 Å². The standard InChI is InChI=1S/C15H20BrNO/c1-11-10-13(7-8-14(11)16)17-15(18)9-6-12-4-2-3-5-12/h7-8,10,12H,2-6,9H2,1H3,(H,17,18). The Morgan fingerprint density at radius 1 is 1.39 bits per heavy atom.